The van der Waals surface area contributed by atoms with Crippen molar-refractivity contribution in [1.82, 2.24) is 4.31 Å². The molecule has 0 bridgehead atoms. The van der Waals surface area contributed by atoms with Gasteiger partial charge >= 0.3 is 0 Å². The maximum Gasteiger partial charge on any atom is 0.243 e. The van der Waals surface area contributed by atoms with Crippen LogP contribution in [0.25, 0.3) is 0 Å². The van der Waals surface area contributed by atoms with Crippen LogP contribution >= 0.6 is 0 Å². The Morgan fingerprint density at radius 3 is 2.43 bits per heavy atom. The topological polar surface area (TPSA) is 50.5 Å². The highest BCUT2D eigenvalue weighted by Crippen LogP contribution is 2.47. The van der Waals surface area contributed by atoms with Crippen molar-refractivity contribution in [2.45, 2.75) is 49.6 Å². The summed E-state index contributed by atoms with van der Waals surface area (Å²) in [5, 5.41) is 0. The van der Waals surface area contributed by atoms with Gasteiger partial charge in [0.05, 0.1) is 11.4 Å². The Kier molecular flexibility index (Phi) is 3.58. The van der Waals surface area contributed by atoms with E-state index in [9.17, 15) is 8.42 Å². The van der Waals surface area contributed by atoms with Gasteiger partial charge in [0.25, 0.3) is 0 Å². The van der Waals surface area contributed by atoms with Crippen LogP contribution in [0.1, 0.15) is 43.6 Å². The lowest BCUT2D eigenvalue weighted by atomic mass is 10.3. The molecule has 0 N–H and O–H groups in total. The fourth-order valence-corrected chi connectivity index (χ4v) is 4.72. The third-order valence-electron chi connectivity index (χ3n) is 4.77. The van der Waals surface area contributed by atoms with Crippen LogP contribution in [0.4, 0.5) is 0 Å². The zero-order valence-corrected chi connectivity index (χ0v) is 14.0. The molecule has 2 aliphatic rings. The molecule has 5 heteroatoms. The molecule has 0 amide bonds. The lowest BCUT2D eigenvalue weighted by Gasteiger charge is -2.20. The van der Waals surface area contributed by atoms with Crippen molar-refractivity contribution in [2.24, 2.45) is 5.92 Å². The Labute approximate surface area is 137 Å². The molecule has 2 fully saturated rings. The van der Waals surface area contributed by atoms with E-state index in [0.717, 1.165) is 24.4 Å². The van der Waals surface area contributed by atoms with Gasteiger partial charge in [-0.3, -0.25) is 0 Å². The van der Waals surface area contributed by atoms with Crippen molar-refractivity contribution < 1.29 is 12.8 Å². The van der Waals surface area contributed by atoms with Crippen LogP contribution in [0.5, 0.6) is 0 Å². The number of hydrogen-bond acceptors (Lipinski definition) is 3. The summed E-state index contributed by atoms with van der Waals surface area (Å²) in [5.41, 5.74) is 0. The number of sulfonamides is 1. The third-order valence-corrected chi connectivity index (χ3v) is 6.69. The molecule has 0 radical (unpaired) electrons. The maximum atomic E-state index is 12.9. The summed E-state index contributed by atoms with van der Waals surface area (Å²) in [7, 11) is -3.47. The number of rotatable bonds is 6. The fraction of sp³-hybridized carbons (Fsp3) is 0.444. The van der Waals surface area contributed by atoms with E-state index in [1.165, 1.54) is 6.42 Å². The van der Waals surface area contributed by atoms with Crippen molar-refractivity contribution >= 4 is 10.0 Å². The summed E-state index contributed by atoms with van der Waals surface area (Å²) in [6.07, 6.45) is 3.03. The molecule has 1 heterocycles. The molecule has 2 saturated carbocycles. The number of nitrogens with zero attached hydrogens (tertiary/aromatic N) is 1. The standard InChI is InChI=1S/C18H21NO3S/c1-13-11-17(13)18-10-9-15(22-18)12-19(14-7-8-14)23(20,21)16-5-3-2-4-6-16/h2-6,9-10,13-14,17H,7-8,11-12H2,1H3/t13-,17+/m0/s1. The molecule has 2 aliphatic carbocycles. The monoisotopic (exact) mass is 331 g/mol. The second kappa shape index (κ2) is 5.49. The maximum absolute atomic E-state index is 12.9. The van der Waals surface area contributed by atoms with Crippen LogP contribution in [0.15, 0.2) is 51.8 Å². The summed E-state index contributed by atoms with van der Waals surface area (Å²) in [5.74, 6) is 2.94. The smallest absolute Gasteiger partial charge is 0.243 e. The van der Waals surface area contributed by atoms with Gasteiger partial charge in [-0.25, -0.2) is 8.42 Å². The zero-order chi connectivity index (χ0) is 16.0. The van der Waals surface area contributed by atoms with Crippen molar-refractivity contribution in [3.8, 4) is 0 Å². The van der Waals surface area contributed by atoms with Crippen molar-refractivity contribution in [1.29, 1.82) is 0 Å². The first-order valence-corrected chi connectivity index (χ1v) is 9.65. The van der Waals surface area contributed by atoms with Crippen molar-refractivity contribution in [3.63, 3.8) is 0 Å². The normalized spacial score (nSPS) is 24.1. The third kappa shape index (κ3) is 2.95. The van der Waals surface area contributed by atoms with Crippen LogP contribution in [0.2, 0.25) is 0 Å². The minimum Gasteiger partial charge on any atom is -0.464 e. The minimum atomic E-state index is -3.47. The molecule has 0 spiro atoms. The molecule has 1 aromatic carbocycles. The van der Waals surface area contributed by atoms with Gasteiger partial charge in [-0.1, -0.05) is 25.1 Å². The lowest BCUT2D eigenvalue weighted by Crippen LogP contribution is -2.32. The van der Waals surface area contributed by atoms with Gasteiger partial charge in [0.2, 0.25) is 10.0 Å². The van der Waals surface area contributed by atoms with Gasteiger partial charge in [-0.05, 0) is 49.4 Å². The van der Waals surface area contributed by atoms with Crippen molar-refractivity contribution in [3.05, 3.63) is 54.0 Å². The van der Waals surface area contributed by atoms with E-state index in [2.05, 4.69) is 6.92 Å². The Morgan fingerprint density at radius 1 is 1.13 bits per heavy atom. The largest absolute Gasteiger partial charge is 0.464 e. The molecule has 122 valence electrons. The molecule has 1 aromatic heterocycles. The number of benzene rings is 1. The van der Waals surface area contributed by atoms with Crippen LogP contribution in [0, 0.1) is 5.92 Å². The first-order valence-electron chi connectivity index (χ1n) is 8.21. The van der Waals surface area contributed by atoms with Crippen LogP contribution < -0.4 is 0 Å². The van der Waals surface area contributed by atoms with E-state index in [1.807, 2.05) is 18.2 Å². The van der Waals surface area contributed by atoms with Crippen molar-refractivity contribution in [2.75, 3.05) is 0 Å². The molecule has 4 rings (SSSR count). The second-order valence-electron chi connectivity index (χ2n) is 6.72. The van der Waals surface area contributed by atoms with E-state index in [1.54, 1.807) is 28.6 Å². The first kappa shape index (κ1) is 15.0. The zero-order valence-electron chi connectivity index (χ0n) is 13.2. The highest BCUT2D eigenvalue weighted by molar-refractivity contribution is 7.89. The Morgan fingerprint density at radius 2 is 1.83 bits per heavy atom. The van der Waals surface area contributed by atoms with E-state index < -0.39 is 10.0 Å². The Hall–Kier alpha value is -1.59. The summed E-state index contributed by atoms with van der Waals surface area (Å²) in [4.78, 5) is 0.356. The molecule has 2 aromatic rings. The van der Waals surface area contributed by atoms with E-state index in [4.69, 9.17) is 4.42 Å². The summed E-state index contributed by atoms with van der Waals surface area (Å²) < 4.78 is 33.3. The predicted molar refractivity (Wildman–Crippen MR) is 87.4 cm³/mol. The lowest BCUT2D eigenvalue weighted by molar-refractivity contribution is 0.347. The van der Waals surface area contributed by atoms with Gasteiger partial charge < -0.3 is 4.42 Å². The molecule has 23 heavy (non-hydrogen) atoms. The van der Waals surface area contributed by atoms with Gasteiger partial charge in [0, 0.05) is 12.0 Å². The molecule has 2 atom stereocenters. The summed E-state index contributed by atoms with van der Waals surface area (Å²) in [6, 6.07) is 12.7. The van der Waals surface area contributed by atoms with E-state index >= 15 is 0 Å². The average molecular weight is 331 g/mol. The van der Waals surface area contributed by atoms with Gasteiger partial charge in [0.15, 0.2) is 0 Å². The SMILES string of the molecule is C[C@H]1C[C@H]1c1ccc(CN(C2CC2)S(=O)(=O)c2ccccc2)o1. The molecule has 0 unspecified atom stereocenters. The quantitative estimate of drug-likeness (QED) is 0.810. The summed E-state index contributed by atoms with van der Waals surface area (Å²) in [6.45, 7) is 2.53. The minimum absolute atomic E-state index is 0.105. The molecular weight excluding hydrogens is 310 g/mol. The Bertz CT molecular complexity index is 793. The summed E-state index contributed by atoms with van der Waals surface area (Å²) >= 11 is 0. The van der Waals surface area contributed by atoms with E-state index in [0.29, 0.717) is 23.3 Å². The van der Waals surface area contributed by atoms with Gasteiger partial charge in [-0.2, -0.15) is 4.31 Å². The van der Waals surface area contributed by atoms with Crippen LogP contribution in [-0.2, 0) is 16.6 Å². The molecule has 0 saturated heterocycles. The molecule has 0 aliphatic heterocycles. The van der Waals surface area contributed by atoms with E-state index in [-0.39, 0.29) is 6.04 Å². The highest BCUT2D eigenvalue weighted by atomic mass is 32.2. The molecule has 4 nitrogen and oxygen atoms in total. The number of furan rings is 1. The van der Waals surface area contributed by atoms with Crippen LogP contribution in [0.3, 0.4) is 0 Å². The average Bonchev–Trinajstić information content (AvgIpc) is 3.47. The van der Waals surface area contributed by atoms with Gasteiger partial charge in [0.1, 0.15) is 11.5 Å². The number of hydrogen-bond donors (Lipinski definition) is 0. The second-order valence-corrected chi connectivity index (χ2v) is 8.61. The van der Waals surface area contributed by atoms with Crippen LogP contribution in [-0.4, -0.2) is 18.8 Å². The predicted octanol–water partition coefficient (Wildman–Crippen LogP) is 3.76. The fourth-order valence-electron chi connectivity index (χ4n) is 3.05. The Balaban J connectivity index is 1.58. The highest BCUT2D eigenvalue weighted by Gasteiger charge is 2.40. The van der Waals surface area contributed by atoms with Gasteiger partial charge in [-0.15, -0.1) is 0 Å². The first-order chi connectivity index (χ1) is 11.1. The molecular formula is C18H21NO3S.